The van der Waals surface area contributed by atoms with Gasteiger partial charge in [0, 0.05) is 18.1 Å². The number of halogens is 1. The van der Waals surface area contributed by atoms with E-state index in [0.29, 0.717) is 30.1 Å². The number of carbonyl (C=O) groups is 2. The van der Waals surface area contributed by atoms with Gasteiger partial charge in [-0.25, -0.2) is 9.59 Å². The minimum atomic E-state index is -0.779. The number of aromatic amines is 1. The number of nitrogens with zero attached hydrogens (tertiary/aromatic N) is 2. The van der Waals surface area contributed by atoms with E-state index in [1.807, 2.05) is 11.8 Å². The maximum Gasteiger partial charge on any atom is 0.339 e. The third-order valence-corrected chi connectivity index (χ3v) is 7.00. The lowest BCUT2D eigenvalue weighted by Gasteiger charge is -2.37. The van der Waals surface area contributed by atoms with Crippen LogP contribution in [0.2, 0.25) is 5.02 Å². The van der Waals surface area contributed by atoms with E-state index < -0.39 is 35.3 Å². The first-order chi connectivity index (χ1) is 17.3. The summed E-state index contributed by atoms with van der Waals surface area (Å²) in [4.78, 5) is 55.6. The van der Waals surface area contributed by atoms with Crippen LogP contribution >= 0.6 is 11.6 Å². The lowest BCUT2D eigenvalue weighted by atomic mass is 10.0. The number of piperidine rings is 1. The van der Waals surface area contributed by atoms with Gasteiger partial charge >= 0.3 is 11.7 Å². The van der Waals surface area contributed by atoms with E-state index in [4.69, 9.17) is 22.1 Å². The molecule has 0 spiro atoms. The molecule has 1 aromatic heterocycles. The molecule has 0 aliphatic carbocycles. The van der Waals surface area contributed by atoms with Crippen LogP contribution in [0.4, 0.5) is 0 Å². The van der Waals surface area contributed by atoms with Crippen LogP contribution in [0.3, 0.4) is 0 Å². The van der Waals surface area contributed by atoms with Crippen molar-refractivity contribution < 1.29 is 14.3 Å². The summed E-state index contributed by atoms with van der Waals surface area (Å²) in [6, 6.07) is 11.3. The molecule has 0 radical (unpaired) electrons. The summed E-state index contributed by atoms with van der Waals surface area (Å²) in [5.41, 5.74) is 5.50. The van der Waals surface area contributed by atoms with Gasteiger partial charge in [0.1, 0.15) is 0 Å². The third kappa shape index (κ3) is 5.37. The molecule has 1 aliphatic heterocycles. The molecule has 190 valence electrons. The van der Waals surface area contributed by atoms with Gasteiger partial charge in [-0.1, -0.05) is 43.1 Å². The van der Waals surface area contributed by atoms with Crippen molar-refractivity contribution in [3.63, 3.8) is 0 Å². The third-order valence-electron chi connectivity index (χ3n) is 6.63. The molecule has 2 aromatic carbocycles. The summed E-state index contributed by atoms with van der Waals surface area (Å²) in [6.07, 6.45) is 2.62. The minimum Gasteiger partial charge on any atom is -0.442 e. The van der Waals surface area contributed by atoms with E-state index >= 15 is 0 Å². The fourth-order valence-electron chi connectivity index (χ4n) is 4.63. The first kappa shape index (κ1) is 25.7. The summed E-state index contributed by atoms with van der Waals surface area (Å²) < 4.78 is 6.87. The van der Waals surface area contributed by atoms with Crippen molar-refractivity contribution in [3.8, 4) is 0 Å². The number of hydrogen-bond donors (Lipinski definition) is 2. The molecule has 1 fully saturated rings. The molecule has 2 heterocycles. The van der Waals surface area contributed by atoms with E-state index in [1.165, 1.54) is 18.2 Å². The highest BCUT2D eigenvalue weighted by Gasteiger charge is 2.34. The second kappa shape index (κ2) is 11.1. The number of nitrogens with one attached hydrogen (secondary N) is 1. The quantitative estimate of drug-likeness (QED) is 0.447. The van der Waals surface area contributed by atoms with E-state index in [2.05, 4.69) is 4.98 Å². The number of likely N-dealkylation sites (tertiary alicyclic amines) is 1. The molecular formula is C26H29ClN4O5. The van der Waals surface area contributed by atoms with Gasteiger partial charge in [-0.15, -0.1) is 0 Å². The van der Waals surface area contributed by atoms with Gasteiger partial charge in [-0.05, 0) is 49.1 Å². The normalized spacial score (nSPS) is 15.9. The topological polar surface area (TPSA) is 127 Å². The molecular weight excluding hydrogens is 484 g/mol. The van der Waals surface area contributed by atoms with Crippen molar-refractivity contribution in [1.82, 2.24) is 14.5 Å². The van der Waals surface area contributed by atoms with Crippen LogP contribution in [0, 0.1) is 5.92 Å². The molecule has 0 bridgehead atoms. The van der Waals surface area contributed by atoms with Gasteiger partial charge in [0.05, 0.1) is 28.9 Å². The molecule has 2 atom stereocenters. The fraction of sp³-hybridized carbons (Fsp3) is 0.385. The average molecular weight is 513 g/mol. The largest absolute Gasteiger partial charge is 0.442 e. The van der Waals surface area contributed by atoms with Crippen LogP contribution < -0.4 is 17.0 Å². The molecule has 10 heteroatoms. The van der Waals surface area contributed by atoms with Gasteiger partial charge in [0.15, 0.2) is 6.23 Å². The van der Waals surface area contributed by atoms with Gasteiger partial charge in [0.25, 0.3) is 5.56 Å². The Labute approximate surface area is 212 Å². The minimum absolute atomic E-state index is 0.0105. The number of esters is 1. The summed E-state index contributed by atoms with van der Waals surface area (Å²) in [6.45, 7) is 3.25. The van der Waals surface area contributed by atoms with Crippen molar-refractivity contribution in [1.29, 1.82) is 0 Å². The Kier molecular flexibility index (Phi) is 7.91. The molecule has 3 aromatic rings. The second-order valence-corrected chi connectivity index (χ2v) is 9.39. The van der Waals surface area contributed by atoms with Crippen LogP contribution in [-0.2, 0) is 16.1 Å². The van der Waals surface area contributed by atoms with E-state index in [-0.39, 0.29) is 23.0 Å². The highest BCUT2D eigenvalue weighted by atomic mass is 35.5. The molecule has 1 aliphatic rings. The van der Waals surface area contributed by atoms with Gasteiger partial charge in [0.2, 0.25) is 5.91 Å². The van der Waals surface area contributed by atoms with Crippen LogP contribution in [0.1, 0.15) is 48.5 Å². The predicted molar refractivity (Wildman–Crippen MR) is 137 cm³/mol. The predicted octanol–water partition coefficient (Wildman–Crippen LogP) is 2.87. The Bertz CT molecular complexity index is 1390. The zero-order valence-electron chi connectivity index (χ0n) is 20.0. The zero-order valence-corrected chi connectivity index (χ0v) is 20.8. The van der Waals surface area contributed by atoms with Crippen LogP contribution in [0.15, 0.2) is 52.1 Å². The number of primary amides is 1. The lowest BCUT2D eigenvalue weighted by Crippen LogP contribution is -2.49. The van der Waals surface area contributed by atoms with E-state index in [9.17, 15) is 19.2 Å². The zero-order chi connectivity index (χ0) is 25.8. The summed E-state index contributed by atoms with van der Waals surface area (Å²) in [5, 5.41) is 0.695. The molecule has 4 rings (SSSR count). The molecule has 1 amide bonds. The summed E-state index contributed by atoms with van der Waals surface area (Å²) in [5.74, 6) is -1.83. The number of benzene rings is 2. The Morgan fingerprint density at radius 3 is 2.50 bits per heavy atom. The maximum absolute atomic E-state index is 13.1. The number of nitrogens with two attached hydrogens (primary N) is 1. The average Bonchev–Trinajstić information content (AvgIpc) is 2.87. The van der Waals surface area contributed by atoms with Crippen LogP contribution in [0.25, 0.3) is 10.9 Å². The van der Waals surface area contributed by atoms with Crippen molar-refractivity contribution in [3.05, 3.63) is 79.5 Å². The van der Waals surface area contributed by atoms with Crippen molar-refractivity contribution in [2.75, 3.05) is 13.1 Å². The number of carbonyl (C=O) groups excluding carboxylic acids is 2. The molecule has 9 nitrogen and oxygen atoms in total. The number of hydrogen-bond acceptors (Lipinski definition) is 6. The number of H-pyrrole nitrogens is 1. The lowest BCUT2D eigenvalue weighted by molar-refractivity contribution is -0.133. The summed E-state index contributed by atoms with van der Waals surface area (Å²) in [7, 11) is 0. The van der Waals surface area contributed by atoms with Crippen molar-refractivity contribution in [2.24, 2.45) is 11.7 Å². The number of fused-ring (bicyclic) bond motifs is 1. The molecule has 2 unspecified atom stereocenters. The Morgan fingerprint density at radius 1 is 1.11 bits per heavy atom. The van der Waals surface area contributed by atoms with Gasteiger partial charge < -0.3 is 15.5 Å². The number of aromatic nitrogens is 2. The standard InChI is InChI=1S/C26H29ClN4O5/c1-2-18(22(28)32)24(30-12-6-3-7-13-30)36-25(34)16-10-11-19-21(14-16)29-26(35)31(23(19)33)15-17-8-4-5-9-20(17)27/h4-5,8-11,14,18,24H,2-3,6-7,12-13,15H2,1H3,(H2,28,32)(H,29,35). The monoisotopic (exact) mass is 512 g/mol. The highest BCUT2D eigenvalue weighted by molar-refractivity contribution is 6.31. The Morgan fingerprint density at radius 2 is 1.83 bits per heavy atom. The SMILES string of the molecule is CCC(C(N)=O)C(OC(=O)c1ccc2c(=O)n(Cc3ccccc3Cl)c(=O)[nH]c2c1)N1CCCCC1. The molecule has 36 heavy (non-hydrogen) atoms. The first-order valence-corrected chi connectivity index (χ1v) is 12.4. The molecule has 1 saturated heterocycles. The van der Waals surface area contributed by atoms with Crippen molar-refractivity contribution >= 4 is 34.4 Å². The van der Waals surface area contributed by atoms with E-state index in [1.54, 1.807) is 24.3 Å². The number of ether oxygens (including phenoxy) is 1. The first-order valence-electron chi connectivity index (χ1n) is 12.0. The summed E-state index contributed by atoms with van der Waals surface area (Å²) >= 11 is 6.19. The second-order valence-electron chi connectivity index (χ2n) is 8.98. The molecule has 3 N–H and O–H groups in total. The molecule has 0 saturated carbocycles. The number of rotatable bonds is 8. The Balaban J connectivity index is 1.64. The smallest absolute Gasteiger partial charge is 0.339 e. The Hall–Kier alpha value is -3.43. The van der Waals surface area contributed by atoms with E-state index in [0.717, 1.165) is 23.8 Å². The van der Waals surface area contributed by atoms with Gasteiger partial charge in [-0.3, -0.25) is 19.1 Å². The van der Waals surface area contributed by atoms with Crippen LogP contribution in [-0.4, -0.2) is 45.6 Å². The number of amides is 1. The highest BCUT2D eigenvalue weighted by Crippen LogP contribution is 2.23. The van der Waals surface area contributed by atoms with Crippen molar-refractivity contribution in [2.45, 2.75) is 45.4 Å². The maximum atomic E-state index is 13.1. The van der Waals surface area contributed by atoms with Crippen LogP contribution in [0.5, 0.6) is 0 Å². The van der Waals surface area contributed by atoms with Gasteiger partial charge in [-0.2, -0.15) is 0 Å². The fourth-order valence-corrected chi connectivity index (χ4v) is 4.82.